The molecule has 0 aromatic rings. The second-order valence-corrected chi connectivity index (χ2v) is 4.31. The molecule has 0 bridgehead atoms. The molecule has 0 rings (SSSR count). The van der Waals surface area contributed by atoms with Crippen molar-refractivity contribution >= 4 is 9.24 Å². The maximum absolute atomic E-state index is 11.6. The summed E-state index contributed by atoms with van der Waals surface area (Å²) in [7, 11) is 2.65. The fraction of sp³-hybridized carbons (Fsp3) is 0.625. The molecule has 2 heteroatoms. The quantitative estimate of drug-likeness (QED) is 0.355. The summed E-state index contributed by atoms with van der Waals surface area (Å²) in [5.74, 6) is 0. The molecule has 110 valence electrons. The van der Waals surface area contributed by atoms with Gasteiger partial charge >= 0.3 is 0 Å². The fourth-order valence-electron chi connectivity index (χ4n) is 0.314. The Morgan fingerprint density at radius 3 is 1.17 bits per heavy atom. The van der Waals surface area contributed by atoms with Gasteiger partial charge in [-0.05, 0) is 47.1 Å². The zero-order valence-electron chi connectivity index (χ0n) is 14.1. The summed E-state index contributed by atoms with van der Waals surface area (Å²) in [5, 5.41) is 1.34. The maximum atomic E-state index is 11.6. The minimum atomic E-state index is 0.620. The lowest BCUT2D eigenvalue weighted by Crippen LogP contribution is -1.73. The zero-order chi connectivity index (χ0) is 15.7. The highest BCUT2D eigenvalue weighted by Crippen LogP contribution is 2.08. The van der Waals surface area contributed by atoms with Crippen LogP contribution in [-0.4, -0.2) is 0 Å². The number of hydrogen-bond acceptors (Lipinski definition) is 0. The van der Waals surface area contributed by atoms with Crippen molar-refractivity contribution in [3.8, 4) is 0 Å². The van der Waals surface area contributed by atoms with Gasteiger partial charge in [0.2, 0.25) is 0 Å². The van der Waals surface area contributed by atoms with Gasteiger partial charge in [0.1, 0.15) is 0 Å². The predicted molar refractivity (Wildman–Crippen MR) is 90.8 cm³/mol. The van der Waals surface area contributed by atoms with Gasteiger partial charge in [0.05, 0.1) is 6.33 Å². The third kappa shape index (κ3) is 24.7. The van der Waals surface area contributed by atoms with Crippen LogP contribution in [0.3, 0.4) is 0 Å². The molecule has 0 aromatic carbocycles. The molecule has 0 nitrogen and oxygen atoms in total. The summed E-state index contributed by atoms with van der Waals surface area (Å²) in [6.07, 6.45) is 2.50. The molecule has 0 N–H and O–H groups in total. The minimum Gasteiger partial charge on any atom is -0.215 e. The van der Waals surface area contributed by atoms with Crippen LogP contribution in [0.2, 0.25) is 0 Å². The summed E-state index contributed by atoms with van der Waals surface area (Å²) in [6.45, 7) is 19.8. The maximum Gasteiger partial charge on any atom is 0.0898 e. The largest absolute Gasteiger partial charge is 0.215 e. The summed E-state index contributed by atoms with van der Waals surface area (Å²) in [5.41, 5.74) is 3.08. The summed E-state index contributed by atoms with van der Waals surface area (Å²) < 4.78 is 11.6. The van der Waals surface area contributed by atoms with Gasteiger partial charge in [-0.1, -0.05) is 50.2 Å². The zero-order valence-corrected chi connectivity index (χ0v) is 15.3. The summed E-state index contributed by atoms with van der Waals surface area (Å²) in [4.78, 5) is 0. The molecule has 0 amide bonds. The van der Waals surface area contributed by atoms with E-state index in [0.717, 1.165) is 5.57 Å². The van der Waals surface area contributed by atoms with E-state index in [9.17, 15) is 4.39 Å². The number of hydrogen-bond donors (Lipinski definition) is 0. The molecular formula is C16H34FP. The first-order valence-electron chi connectivity index (χ1n) is 6.66. The Balaban J connectivity index is -0.0000000869. The Labute approximate surface area is 118 Å². The van der Waals surface area contributed by atoms with Gasteiger partial charge in [0.25, 0.3) is 0 Å². The van der Waals surface area contributed by atoms with Crippen molar-refractivity contribution in [3.63, 3.8) is 0 Å². The lowest BCUT2D eigenvalue weighted by atomic mass is 10.1. The summed E-state index contributed by atoms with van der Waals surface area (Å²) in [6, 6.07) is 0. The number of allylic oxidation sites excluding steroid dienone is 5. The van der Waals surface area contributed by atoms with Gasteiger partial charge in [-0.15, -0.1) is 9.24 Å². The average molecular weight is 276 g/mol. The molecule has 0 aliphatic heterocycles. The normalized spacial score (nSPS) is 9.78. The van der Waals surface area contributed by atoms with Crippen LogP contribution in [0, 0.1) is 0 Å². The van der Waals surface area contributed by atoms with E-state index in [1.807, 2.05) is 47.6 Å². The first kappa shape index (κ1) is 26.2. The van der Waals surface area contributed by atoms with Gasteiger partial charge in [0.15, 0.2) is 0 Å². The van der Waals surface area contributed by atoms with Crippen molar-refractivity contribution in [1.82, 2.24) is 0 Å². The standard InChI is InChI=1S/C7H11F.C5H11P.2C2H6/c1-4-6(2)7(3)5-8;1-4(2)5(3)6;2*1-2/h4-5H,1-3H3;6H2,1-3H3;2*1-2H3/b6-4+,7-5+;;;. The Bertz CT molecular complexity index is 214. The van der Waals surface area contributed by atoms with Gasteiger partial charge in [0, 0.05) is 0 Å². The van der Waals surface area contributed by atoms with Crippen molar-refractivity contribution in [2.45, 2.75) is 69.2 Å². The molecule has 0 aliphatic carbocycles. The molecule has 0 aliphatic rings. The van der Waals surface area contributed by atoms with E-state index >= 15 is 0 Å². The van der Waals surface area contributed by atoms with Crippen LogP contribution in [-0.2, 0) is 0 Å². The molecule has 0 aromatic heterocycles. The van der Waals surface area contributed by atoms with Crippen molar-refractivity contribution in [2.75, 3.05) is 0 Å². The van der Waals surface area contributed by atoms with Gasteiger partial charge < -0.3 is 0 Å². The lowest BCUT2D eigenvalue weighted by Gasteiger charge is -1.93. The van der Waals surface area contributed by atoms with Crippen molar-refractivity contribution in [2.24, 2.45) is 0 Å². The smallest absolute Gasteiger partial charge is 0.0898 e. The van der Waals surface area contributed by atoms with E-state index < -0.39 is 0 Å². The Kier molecular flexibility index (Phi) is 31.8. The predicted octanol–water partition coefficient (Wildman–Crippen LogP) is 7.05. The summed E-state index contributed by atoms with van der Waals surface area (Å²) >= 11 is 0. The molecule has 0 spiro atoms. The third-order valence-corrected chi connectivity index (χ3v) is 2.58. The van der Waals surface area contributed by atoms with Gasteiger partial charge in [-0.25, -0.2) is 4.39 Å². The second kappa shape index (κ2) is 21.8. The minimum absolute atomic E-state index is 0.620. The fourth-order valence-corrected chi connectivity index (χ4v) is 0.314. The van der Waals surface area contributed by atoms with Crippen molar-refractivity contribution < 1.29 is 4.39 Å². The Morgan fingerprint density at radius 1 is 0.833 bits per heavy atom. The SMILES string of the molecule is C/C=C(C)/C(C)=C/F.CC.CC.CC(C)=C(C)P. The Morgan fingerprint density at radius 2 is 1.11 bits per heavy atom. The third-order valence-electron chi connectivity index (χ3n) is 2.01. The molecule has 0 heterocycles. The highest BCUT2D eigenvalue weighted by Gasteiger charge is 1.87. The van der Waals surface area contributed by atoms with Gasteiger partial charge in [-0.2, -0.15) is 0 Å². The molecule has 18 heavy (non-hydrogen) atoms. The van der Waals surface area contributed by atoms with Crippen LogP contribution in [0.4, 0.5) is 4.39 Å². The Hall–Kier alpha value is -0.420. The van der Waals surface area contributed by atoms with Gasteiger partial charge in [-0.3, -0.25) is 0 Å². The average Bonchev–Trinajstić information content (AvgIpc) is 2.41. The van der Waals surface area contributed by atoms with Crippen LogP contribution in [0.15, 0.2) is 34.4 Å². The molecular weight excluding hydrogens is 242 g/mol. The molecule has 1 unspecified atom stereocenters. The highest BCUT2D eigenvalue weighted by molar-refractivity contribution is 7.22. The lowest BCUT2D eigenvalue weighted by molar-refractivity contribution is 0.711. The first-order chi connectivity index (χ1) is 8.36. The second-order valence-electron chi connectivity index (χ2n) is 3.45. The van der Waals surface area contributed by atoms with Crippen molar-refractivity contribution in [3.05, 3.63) is 34.4 Å². The van der Waals surface area contributed by atoms with E-state index in [0.29, 0.717) is 11.9 Å². The van der Waals surface area contributed by atoms with Crippen LogP contribution >= 0.6 is 9.24 Å². The molecule has 0 radical (unpaired) electrons. The van der Waals surface area contributed by atoms with Crippen LogP contribution in [0.25, 0.3) is 0 Å². The topological polar surface area (TPSA) is 0 Å². The first-order valence-corrected chi connectivity index (χ1v) is 7.24. The molecule has 1 atom stereocenters. The van der Waals surface area contributed by atoms with E-state index in [-0.39, 0.29) is 0 Å². The monoisotopic (exact) mass is 276 g/mol. The number of halogens is 1. The van der Waals surface area contributed by atoms with E-state index in [4.69, 9.17) is 0 Å². The van der Waals surface area contributed by atoms with Crippen molar-refractivity contribution in [1.29, 1.82) is 0 Å². The molecule has 0 saturated heterocycles. The van der Waals surface area contributed by atoms with E-state index in [1.54, 1.807) is 6.92 Å². The van der Waals surface area contributed by atoms with Crippen LogP contribution in [0.1, 0.15) is 69.2 Å². The van der Waals surface area contributed by atoms with E-state index in [1.165, 1.54) is 10.9 Å². The van der Waals surface area contributed by atoms with Crippen LogP contribution < -0.4 is 0 Å². The molecule has 0 saturated carbocycles. The molecule has 0 fully saturated rings. The van der Waals surface area contributed by atoms with Crippen LogP contribution in [0.5, 0.6) is 0 Å². The number of rotatable bonds is 1. The highest BCUT2D eigenvalue weighted by atomic mass is 31.0. The van der Waals surface area contributed by atoms with E-state index in [2.05, 4.69) is 30.0 Å².